The largest absolute Gasteiger partial charge is 0.469 e. The maximum absolute atomic E-state index is 11.8. The molecule has 0 aliphatic rings. The maximum atomic E-state index is 11.8. The average molecular weight is 244 g/mol. The number of carbonyl (C=O) groups excluding carboxylic acids is 2. The Kier molecular flexibility index (Phi) is 5.13. The first-order valence-electron chi connectivity index (χ1n) is 5.64. The highest BCUT2D eigenvalue weighted by molar-refractivity contribution is 5.83. The minimum Gasteiger partial charge on any atom is -0.469 e. The molecular formula is C12H24N2O3. The van der Waals surface area contributed by atoms with E-state index in [1.165, 1.54) is 7.11 Å². The SMILES string of the molecule is COC(=O)C(C)(C)CNC(=O)[C@H](N)C(C)(C)C. The molecule has 5 heteroatoms. The summed E-state index contributed by atoms with van der Waals surface area (Å²) in [6.45, 7) is 9.31. The molecule has 3 N–H and O–H groups in total. The molecule has 0 aliphatic heterocycles. The monoisotopic (exact) mass is 244 g/mol. The van der Waals surface area contributed by atoms with Gasteiger partial charge in [0.05, 0.1) is 18.6 Å². The van der Waals surface area contributed by atoms with E-state index in [0.29, 0.717) is 0 Å². The molecule has 0 unspecified atom stereocenters. The minimum atomic E-state index is -0.748. The average Bonchev–Trinajstić information content (AvgIpc) is 2.22. The van der Waals surface area contributed by atoms with Crippen LogP contribution in [0.15, 0.2) is 0 Å². The van der Waals surface area contributed by atoms with Crippen molar-refractivity contribution in [1.29, 1.82) is 0 Å². The molecular weight excluding hydrogens is 220 g/mol. The van der Waals surface area contributed by atoms with Gasteiger partial charge in [-0.1, -0.05) is 20.8 Å². The summed E-state index contributed by atoms with van der Waals surface area (Å²) in [6.07, 6.45) is 0. The van der Waals surface area contributed by atoms with Gasteiger partial charge in [-0.05, 0) is 19.3 Å². The second-order valence-corrected chi connectivity index (χ2v) is 5.94. The highest BCUT2D eigenvalue weighted by Gasteiger charge is 2.32. The van der Waals surface area contributed by atoms with E-state index in [9.17, 15) is 9.59 Å². The van der Waals surface area contributed by atoms with Crippen molar-refractivity contribution in [1.82, 2.24) is 5.32 Å². The molecule has 0 aliphatic carbocycles. The number of carbonyl (C=O) groups is 2. The van der Waals surface area contributed by atoms with E-state index in [4.69, 9.17) is 5.73 Å². The maximum Gasteiger partial charge on any atom is 0.313 e. The number of nitrogens with two attached hydrogens (primary N) is 1. The van der Waals surface area contributed by atoms with Crippen LogP contribution in [0, 0.1) is 10.8 Å². The summed E-state index contributed by atoms with van der Waals surface area (Å²) < 4.78 is 4.65. The standard InChI is InChI=1S/C12H24N2O3/c1-11(2,3)8(13)9(15)14-7-12(4,5)10(16)17-6/h8H,7,13H2,1-6H3,(H,14,15)/t8-/m0/s1. The van der Waals surface area contributed by atoms with Crippen molar-refractivity contribution >= 4 is 11.9 Å². The highest BCUT2D eigenvalue weighted by atomic mass is 16.5. The summed E-state index contributed by atoms with van der Waals surface area (Å²) in [5, 5.41) is 2.68. The fraction of sp³-hybridized carbons (Fsp3) is 0.833. The van der Waals surface area contributed by atoms with E-state index < -0.39 is 11.5 Å². The van der Waals surface area contributed by atoms with Crippen molar-refractivity contribution in [3.8, 4) is 0 Å². The van der Waals surface area contributed by atoms with Gasteiger partial charge in [0.1, 0.15) is 0 Å². The Morgan fingerprint density at radius 1 is 1.24 bits per heavy atom. The van der Waals surface area contributed by atoms with E-state index in [1.807, 2.05) is 20.8 Å². The Morgan fingerprint density at radius 2 is 1.71 bits per heavy atom. The lowest BCUT2D eigenvalue weighted by Crippen LogP contribution is -2.51. The van der Waals surface area contributed by atoms with Gasteiger partial charge in [-0.25, -0.2) is 0 Å². The summed E-state index contributed by atoms with van der Waals surface area (Å²) in [7, 11) is 1.33. The fourth-order valence-corrected chi connectivity index (χ4v) is 1.16. The molecule has 0 saturated heterocycles. The Morgan fingerprint density at radius 3 is 2.06 bits per heavy atom. The Hall–Kier alpha value is -1.10. The van der Waals surface area contributed by atoms with E-state index in [2.05, 4.69) is 10.1 Å². The van der Waals surface area contributed by atoms with E-state index in [0.717, 1.165) is 0 Å². The van der Waals surface area contributed by atoms with Gasteiger partial charge in [0.25, 0.3) is 0 Å². The molecule has 5 nitrogen and oxygen atoms in total. The van der Waals surface area contributed by atoms with Gasteiger partial charge < -0.3 is 15.8 Å². The lowest BCUT2D eigenvalue weighted by Gasteiger charge is -2.28. The van der Waals surface area contributed by atoms with Gasteiger partial charge in [0.2, 0.25) is 5.91 Å². The molecule has 0 aromatic rings. The molecule has 0 rings (SSSR count). The Labute approximate surface area is 103 Å². The number of rotatable bonds is 4. The van der Waals surface area contributed by atoms with Crippen LogP contribution in [0.4, 0.5) is 0 Å². The van der Waals surface area contributed by atoms with Gasteiger partial charge in [-0.3, -0.25) is 9.59 Å². The topological polar surface area (TPSA) is 81.4 Å². The van der Waals surface area contributed by atoms with Gasteiger partial charge in [0.15, 0.2) is 0 Å². The number of hydrogen-bond donors (Lipinski definition) is 2. The summed E-state index contributed by atoms with van der Waals surface area (Å²) in [6, 6.07) is -0.601. The molecule has 0 aromatic heterocycles. The van der Waals surface area contributed by atoms with Crippen LogP contribution in [-0.2, 0) is 14.3 Å². The molecule has 0 saturated carbocycles. The van der Waals surface area contributed by atoms with Crippen molar-refractivity contribution in [2.75, 3.05) is 13.7 Å². The third kappa shape index (κ3) is 4.73. The molecule has 0 bridgehead atoms. The first-order valence-corrected chi connectivity index (χ1v) is 5.64. The Bertz CT molecular complexity index is 293. The van der Waals surface area contributed by atoms with Crippen molar-refractivity contribution in [2.24, 2.45) is 16.6 Å². The van der Waals surface area contributed by atoms with Crippen LogP contribution in [0.5, 0.6) is 0 Å². The first kappa shape index (κ1) is 15.9. The quantitative estimate of drug-likeness (QED) is 0.712. The minimum absolute atomic E-state index is 0.211. The van der Waals surface area contributed by atoms with Crippen LogP contribution in [-0.4, -0.2) is 31.6 Å². The van der Waals surface area contributed by atoms with Gasteiger partial charge in [-0.15, -0.1) is 0 Å². The second kappa shape index (κ2) is 5.49. The summed E-state index contributed by atoms with van der Waals surface area (Å²) in [5.74, 6) is -0.614. The van der Waals surface area contributed by atoms with Crippen LogP contribution in [0.2, 0.25) is 0 Å². The van der Waals surface area contributed by atoms with Crippen molar-refractivity contribution in [3.63, 3.8) is 0 Å². The summed E-state index contributed by atoms with van der Waals surface area (Å²) >= 11 is 0. The molecule has 0 spiro atoms. The molecule has 0 fully saturated rings. The van der Waals surface area contributed by atoms with Crippen molar-refractivity contribution in [2.45, 2.75) is 40.7 Å². The molecule has 1 atom stereocenters. The summed E-state index contributed by atoms with van der Waals surface area (Å²) in [5.41, 5.74) is 4.75. The number of hydrogen-bond acceptors (Lipinski definition) is 4. The third-order valence-electron chi connectivity index (χ3n) is 2.66. The number of amides is 1. The summed E-state index contributed by atoms with van der Waals surface area (Å²) in [4.78, 5) is 23.2. The number of ether oxygens (including phenoxy) is 1. The second-order valence-electron chi connectivity index (χ2n) is 5.94. The number of methoxy groups -OCH3 is 1. The molecule has 100 valence electrons. The number of nitrogens with one attached hydrogen (secondary N) is 1. The van der Waals surface area contributed by atoms with Gasteiger partial charge >= 0.3 is 5.97 Å². The zero-order valence-electron chi connectivity index (χ0n) is 11.6. The Balaban J connectivity index is 4.40. The predicted octanol–water partition coefficient (Wildman–Crippen LogP) is 0.675. The van der Waals surface area contributed by atoms with Crippen molar-refractivity contribution < 1.29 is 14.3 Å². The fourth-order valence-electron chi connectivity index (χ4n) is 1.16. The molecule has 0 radical (unpaired) electrons. The normalized spacial score (nSPS) is 14.1. The molecule has 1 amide bonds. The van der Waals surface area contributed by atoms with Gasteiger partial charge in [0, 0.05) is 6.54 Å². The highest BCUT2D eigenvalue weighted by Crippen LogP contribution is 2.19. The van der Waals surface area contributed by atoms with Crippen molar-refractivity contribution in [3.05, 3.63) is 0 Å². The van der Waals surface area contributed by atoms with Crippen LogP contribution in [0.1, 0.15) is 34.6 Å². The van der Waals surface area contributed by atoms with Crippen LogP contribution < -0.4 is 11.1 Å². The zero-order chi connectivity index (χ0) is 13.9. The van der Waals surface area contributed by atoms with E-state index in [-0.39, 0.29) is 23.8 Å². The predicted molar refractivity (Wildman–Crippen MR) is 66.2 cm³/mol. The number of esters is 1. The molecule has 0 heterocycles. The molecule has 17 heavy (non-hydrogen) atoms. The van der Waals surface area contributed by atoms with Gasteiger partial charge in [-0.2, -0.15) is 0 Å². The lowest BCUT2D eigenvalue weighted by molar-refractivity contribution is -0.150. The van der Waals surface area contributed by atoms with E-state index >= 15 is 0 Å². The van der Waals surface area contributed by atoms with Crippen LogP contribution in [0.3, 0.4) is 0 Å². The van der Waals surface area contributed by atoms with Crippen LogP contribution >= 0.6 is 0 Å². The zero-order valence-corrected chi connectivity index (χ0v) is 11.6. The smallest absolute Gasteiger partial charge is 0.313 e. The van der Waals surface area contributed by atoms with E-state index in [1.54, 1.807) is 13.8 Å². The first-order chi connectivity index (χ1) is 7.52. The third-order valence-corrected chi connectivity index (χ3v) is 2.66. The molecule has 0 aromatic carbocycles. The van der Waals surface area contributed by atoms with Crippen LogP contribution in [0.25, 0.3) is 0 Å². The lowest BCUT2D eigenvalue weighted by atomic mass is 9.86.